The first-order valence-electron chi connectivity index (χ1n) is 4.77. The van der Waals surface area contributed by atoms with E-state index in [0.717, 1.165) is 0 Å². The molecule has 17 heavy (non-hydrogen) atoms. The molecule has 0 atom stereocenters. The molecule has 0 saturated heterocycles. The molecule has 0 amide bonds. The van der Waals surface area contributed by atoms with E-state index in [1.54, 1.807) is 6.07 Å². The van der Waals surface area contributed by atoms with Gasteiger partial charge in [-0.25, -0.2) is 0 Å². The van der Waals surface area contributed by atoms with Crippen molar-refractivity contribution in [3.63, 3.8) is 0 Å². The fourth-order valence-electron chi connectivity index (χ4n) is 1.43. The molecule has 0 aliphatic carbocycles. The lowest BCUT2D eigenvalue weighted by Gasteiger charge is -2.09. The fourth-order valence-corrected chi connectivity index (χ4v) is 1.43. The van der Waals surface area contributed by atoms with E-state index in [9.17, 15) is 18.4 Å². The molecule has 0 spiro atoms. The van der Waals surface area contributed by atoms with Gasteiger partial charge in [-0.1, -0.05) is 0 Å². The molecule has 1 aromatic carbocycles. The quantitative estimate of drug-likeness (QED) is 0.599. The standard InChI is InChI=1S/C11H8F3NO2/c12-11(13,14)7-17-9-3-4-10-8(6-9)2-1-5-15(10)16/h1-6H,7H2. The summed E-state index contributed by atoms with van der Waals surface area (Å²) in [6.45, 7) is -1.34. The Balaban J connectivity index is 2.26. The molecule has 2 aromatic rings. The Bertz CT molecular complexity index is 540. The van der Waals surface area contributed by atoms with E-state index in [1.165, 1.54) is 30.5 Å². The minimum atomic E-state index is -4.37. The van der Waals surface area contributed by atoms with Crippen LogP contribution in [0.15, 0.2) is 36.5 Å². The molecule has 0 fully saturated rings. The third-order valence-corrected chi connectivity index (χ3v) is 2.14. The number of hydrogen-bond acceptors (Lipinski definition) is 2. The number of aromatic nitrogens is 1. The van der Waals surface area contributed by atoms with Crippen molar-refractivity contribution in [2.75, 3.05) is 6.61 Å². The molecule has 0 bridgehead atoms. The predicted octanol–water partition coefficient (Wildman–Crippen LogP) is 2.41. The highest BCUT2D eigenvalue weighted by atomic mass is 19.4. The summed E-state index contributed by atoms with van der Waals surface area (Å²) in [6.07, 6.45) is -3.05. The van der Waals surface area contributed by atoms with Crippen LogP contribution in [0, 0.1) is 5.21 Å². The van der Waals surface area contributed by atoms with Gasteiger partial charge in [0, 0.05) is 12.1 Å². The summed E-state index contributed by atoms with van der Waals surface area (Å²) in [5, 5.41) is 11.8. The number of rotatable bonds is 2. The SMILES string of the molecule is [O-][n+]1cccc2cc(OCC(F)(F)F)ccc21. The number of alkyl halides is 3. The number of hydrogen-bond donors (Lipinski definition) is 0. The van der Waals surface area contributed by atoms with E-state index < -0.39 is 12.8 Å². The van der Waals surface area contributed by atoms with Gasteiger partial charge in [0.15, 0.2) is 12.8 Å². The topological polar surface area (TPSA) is 36.2 Å². The lowest BCUT2D eigenvalue weighted by Crippen LogP contribution is -2.25. The van der Waals surface area contributed by atoms with Gasteiger partial charge in [0.25, 0.3) is 0 Å². The minimum absolute atomic E-state index is 0.0843. The number of nitrogens with zero attached hydrogens (tertiary/aromatic N) is 1. The molecule has 3 nitrogen and oxygen atoms in total. The fraction of sp³-hybridized carbons (Fsp3) is 0.182. The van der Waals surface area contributed by atoms with Gasteiger partial charge >= 0.3 is 6.18 Å². The molecule has 90 valence electrons. The highest BCUT2D eigenvalue weighted by Gasteiger charge is 2.28. The van der Waals surface area contributed by atoms with E-state index in [2.05, 4.69) is 4.74 Å². The summed E-state index contributed by atoms with van der Waals surface area (Å²) in [5.41, 5.74) is 0.381. The van der Waals surface area contributed by atoms with Crippen molar-refractivity contribution < 1.29 is 22.6 Å². The van der Waals surface area contributed by atoms with Crippen molar-refractivity contribution in [2.45, 2.75) is 6.18 Å². The monoisotopic (exact) mass is 243 g/mol. The zero-order chi connectivity index (χ0) is 12.5. The Labute approximate surface area is 94.6 Å². The Morgan fingerprint density at radius 3 is 2.71 bits per heavy atom. The van der Waals surface area contributed by atoms with Crippen molar-refractivity contribution in [1.29, 1.82) is 0 Å². The van der Waals surface area contributed by atoms with Crippen LogP contribution in [0.1, 0.15) is 0 Å². The van der Waals surface area contributed by atoms with Crippen molar-refractivity contribution in [2.24, 2.45) is 0 Å². The van der Waals surface area contributed by atoms with Gasteiger partial charge in [0.05, 0.1) is 5.39 Å². The Hall–Kier alpha value is -1.98. The Morgan fingerprint density at radius 2 is 2.00 bits per heavy atom. The molecule has 0 radical (unpaired) electrons. The summed E-state index contributed by atoms with van der Waals surface area (Å²) in [4.78, 5) is 0. The lowest BCUT2D eigenvalue weighted by molar-refractivity contribution is -0.577. The predicted molar refractivity (Wildman–Crippen MR) is 54.5 cm³/mol. The van der Waals surface area contributed by atoms with E-state index in [4.69, 9.17) is 0 Å². The van der Waals surface area contributed by atoms with Crippen molar-refractivity contribution in [3.05, 3.63) is 41.7 Å². The van der Waals surface area contributed by atoms with Crippen LogP contribution in [-0.2, 0) is 0 Å². The first-order chi connectivity index (χ1) is 7.96. The van der Waals surface area contributed by atoms with Gasteiger partial charge in [-0.05, 0) is 18.2 Å². The van der Waals surface area contributed by atoms with Crippen LogP contribution in [0.5, 0.6) is 5.75 Å². The van der Waals surface area contributed by atoms with Crippen LogP contribution < -0.4 is 9.47 Å². The summed E-state index contributed by atoms with van der Waals surface area (Å²) >= 11 is 0. The van der Waals surface area contributed by atoms with Gasteiger partial charge in [-0.3, -0.25) is 0 Å². The maximum atomic E-state index is 11.9. The molecule has 2 rings (SSSR count). The van der Waals surface area contributed by atoms with Gasteiger partial charge in [0.2, 0.25) is 5.52 Å². The van der Waals surface area contributed by atoms with Crippen LogP contribution in [0.3, 0.4) is 0 Å². The summed E-state index contributed by atoms with van der Waals surface area (Å²) in [7, 11) is 0. The lowest BCUT2D eigenvalue weighted by atomic mass is 10.2. The second-order valence-electron chi connectivity index (χ2n) is 3.46. The van der Waals surface area contributed by atoms with Crippen molar-refractivity contribution in [1.82, 2.24) is 0 Å². The number of halogens is 3. The third kappa shape index (κ3) is 2.77. The van der Waals surface area contributed by atoms with Crippen LogP contribution in [0.4, 0.5) is 13.2 Å². The van der Waals surface area contributed by atoms with Gasteiger partial charge < -0.3 is 9.94 Å². The summed E-state index contributed by atoms with van der Waals surface area (Å²) < 4.78 is 41.0. The average Bonchev–Trinajstić information content (AvgIpc) is 2.26. The van der Waals surface area contributed by atoms with Gasteiger partial charge in [-0.2, -0.15) is 17.9 Å². The maximum absolute atomic E-state index is 11.9. The second kappa shape index (κ2) is 4.12. The highest BCUT2D eigenvalue weighted by Crippen LogP contribution is 2.21. The first kappa shape index (κ1) is 11.5. The smallest absolute Gasteiger partial charge is 0.422 e. The van der Waals surface area contributed by atoms with E-state index in [1.807, 2.05) is 0 Å². The van der Waals surface area contributed by atoms with E-state index in [0.29, 0.717) is 15.6 Å². The molecule has 1 heterocycles. The minimum Gasteiger partial charge on any atom is -0.618 e. The Kier molecular flexibility index (Phi) is 2.79. The molecule has 0 aliphatic heterocycles. The number of benzene rings is 1. The van der Waals surface area contributed by atoms with Gasteiger partial charge in [-0.15, -0.1) is 0 Å². The van der Waals surface area contributed by atoms with Crippen LogP contribution in [0.25, 0.3) is 10.9 Å². The average molecular weight is 243 g/mol. The molecule has 6 heteroatoms. The van der Waals surface area contributed by atoms with Crippen molar-refractivity contribution in [3.8, 4) is 5.75 Å². The highest BCUT2D eigenvalue weighted by molar-refractivity contribution is 5.77. The molecule has 0 unspecified atom stereocenters. The molecule has 0 N–H and O–H groups in total. The molecule has 0 aliphatic rings. The van der Waals surface area contributed by atoms with Crippen LogP contribution in [0.2, 0.25) is 0 Å². The normalized spacial score (nSPS) is 11.7. The Morgan fingerprint density at radius 1 is 1.24 bits per heavy atom. The summed E-state index contributed by atoms with van der Waals surface area (Å²) in [6, 6.07) is 7.30. The molecule has 1 aromatic heterocycles. The zero-order valence-corrected chi connectivity index (χ0v) is 8.57. The largest absolute Gasteiger partial charge is 0.618 e. The summed E-state index contributed by atoms with van der Waals surface area (Å²) in [5.74, 6) is 0.0843. The maximum Gasteiger partial charge on any atom is 0.422 e. The van der Waals surface area contributed by atoms with E-state index in [-0.39, 0.29) is 5.75 Å². The molecule has 0 saturated carbocycles. The number of pyridine rings is 1. The second-order valence-corrected chi connectivity index (χ2v) is 3.46. The third-order valence-electron chi connectivity index (χ3n) is 2.14. The zero-order valence-electron chi connectivity index (χ0n) is 8.57. The van der Waals surface area contributed by atoms with Crippen LogP contribution >= 0.6 is 0 Å². The van der Waals surface area contributed by atoms with Gasteiger partial charge in [0.1, 0.15) is 5.75 Å². The van der Waals surface area contributed by atoms with Crippen LogP contribution in [-0.4, -0.2) is 12.8 Å². The van der Waals surface area contributed by atoms with Crippen molar-refractivity contribution >= 4 is 10.9 Å². The first-order valence-corrected chi connectivity index (χ1v) is 4.77. The number of ether oxygens (including phenoxy) is 1. The molecular weight excluding hydrogens is 235 g/mol. The molecular formula is C11H8F3NO2. The number of fused-ring (bicyclic) bond motifs is 1. The van der Waals surface area contributed by atoms with E-state index >= 15 is 0 Å².